The lowest BCUT2D eigenvalue weighted by molar-refractivity contribution is 0.415. The zero-order valence-electron chi connectivity index (χ0n) is 17.9. The number of rotatable bonds is 6. The first-order chi connectivity index (χ1) is 15.7. The summed E-state index contributed by atoms with van der Waals surface area (Å²) in [6.45, 7) is 2.47. The van der Waals surface area contributed by atoms with Crippen molar-refractivity contribution >= 4 is 21.6 Å². The highest BCUT2D eigenvalue weighted by molar-refractivity contribution is 7.18. The molecule has 0 fully saturated rings. The van der Waals surface area contributed by atoms with Crippen LogP contribution in [-0.2, 0) is 13.0 Å². The van der Waals surface area contributed by atoms with Gasteiger partial charge in [0.25, 0.3) is 5.56 Å². The number of ether oxygens (including phenoxy) is 1. The summed E-state index contributed by atoms with van der Waals surface area (Å²) < 4.78 is 8.81. The molecule has 0 saturated heterocycles. The first-order valence-corrected chi connectivity index (χ1v) is 11.2. The monoisotopic (exact) mass is 442 g/mol. The van der Waals surface area contributed by atoms with Gasteiger partial charge in [-0.05, 0) is 48.9 Å². The van der Waals surface area contributed by atoms with Gasteiger partial charge in [-0.3, -0.25) is 9.36 Å². The highest BCUT2D eigenvalue weighted by Gasteiger charge is 2.15. The minimum atomic E-state index is -0.0286. The van der Waals surface area contributed by atoms with E-state index in [1.165, 1.54) is 0 Å². The van der Waals surface area contributed by atoms with Crippen LogP contribution in [0.15, 0.2) is 78.0 Å². The number of hydrogen-bond acceptors (Lipinski definition) is 5. The molecule has 160 valence electrons. The molecule has 0 saturated carbocycles. The maximum absolute atomic E-state index is 13.2. The Labute approximate surface area is 189 Å². The predicted molar refractivity (Wildman–Crippen MR) is 128 cm³/mol. The van der Waals surface area contributed by atoms with E-state index in [4.69, 9.17) is 9.84 Å². The lowest BCUT2D eigenvalue weighted by Crippen LogP contribution is -2.20. The van der Waals surface area contributed by atoms with Crippen LogP contribution in [0.2, 0.25) is 0 Å². The van der Waals surface area contributed by atoms with Gasteiger partial charge in [-0.15, -0.1) is 11.3 Å². The fourth-order valence-electron chi connectivity index (χ4n) is 3.71. The predicted octanol–water partition coefficient (Wildman–Crippen LogP) is 4.93. The maximum atomic E-state index is 13.2. The second-order valence-electron chi connectivity index (χ2n) is 7.47. The number of nitrogens with zero attached hydrogens (tertiary/aromatic N) is 4. The van der Waals surface area contributed by atoms with Crippen LogP contribution in [0.4, 0.5) is 0 Å². The van der Waals surface area contributed by atoms with Crippen molar-refractivity contribution in [2.45, 2.75) is 19.9 Å². The highest BCUT2D eigenvalue weighted by Crippen LogP contribution is 2.27. The molecule has 0 aliphatic heterocycles. The molecule has 3 heterocycles. The standard InChI is InChI=1S/C25H22N4O2S/c1-3-21-13-22-24(32-21)26-16-28(25(22)30)14-18-15-29(19-7-5-4-6-8-19)27-23(18)17-9-11-20(31-2)12-10-17/h4-13,15-16H,3,14H2,1-2H3. The number of thiophene rings is 1. The van der Waals surface area contributed by atoms with Crippen LogP contribution in [0.25, 0.3) is 27.2 Å². The Morgan fingerprint density at radius 3 is 2.56 bits per heavy atom. The van der Waals surface area contributed by atoms with E-state index in [1.54, 1.807) is 29.3 Å². The molecule has 0 radical (unpaired) electrons. The molecule has 32 heavy (non-hydrogen) atoms. The van der Waals surface area contributed by atoms with Crippen LogP contribution in [0.1, 0.15) is 17.4 Å². The average molecular weight is 443 g/mol. The van der Waals surface area contributed by atoms with Gasteiger partial charge in [0.1, 0.15) is 10.6 Å². The second-order valence-corrected chi connectivity index (χ2v) is 8.59. The van der Waals surface area contributed by atoms with Crippen molar-refractivity contribution in [1.82, 2.24) is 19.3 Å². The fraction of sp³-hybridized carbons (Fsp3) is 0.160. The molecule has 6 nitrogen and oxygen atoms in total. The molecule has 0 aliphatic rings. The Hall–Kier alpha value is -3.71. The summed E-state index contributed by atoms with van der Waals surface area (Å²) in [5.74, 6) is 0.785. The second kappa shape index (κ2) is 8.43. The Kier molecular flexibility index (Phi) is 5.33. The molecule has 3 aromatic heterocycles. The topological polar surface area (TPSA) is 61.9 Å². The van der Waals surface area contributed by atoms with E-state index in [1.807, 2.05) is 71.5 Å². The summed E-state index contributed by atoms with van der Waals surface area (Å²) in [6, 6.07) is 19.7. The minimum absolute atomic E-state index is 0.0286. The molecule has 5 rings (SSSR count). The largest absolute Gasteiger partial charge is 0.497 e. The lowest BCUT2D eigenvalue weighted by atomic mass is 10.1. The van der Waals surface area contributed by atoms with Gasteiger partial charge in [-0.2, -0.15) is 5.10 Å². The van der Waals surface area contributed by atoms with Crippen molar-refractivity contribution < 1.29 is 4.74 Å². The van der Waals surface area contributed by atoms with Crippen molar-refractivity contribution in [2.75, 3.05) is 7.11 Å². The highest BCUT2D eigenvalue weighted by atomic mass is 32.1. The number of fused-ring (bicyclic) bond motifs is 1. The molecule has 5 aromatic rings. The van der Waals surface area contributed by atoms with E-state index in [-0.39, 0.29) is 5.56 Å². The van der Waals surface area contributed by atoms with Gasteiger partial charge in [-0.1, -0.05) is 25.1 Å². The summed E-state index contributed by atoms with van der Waals surface area (Å²) >= 11 is 1.58. The van der Waals surface area contributed by atoms with E-state index < -0.39 is 0 Å². The first-order valence-electron chi connectivity index (χ1n) is 10.4. The molecule has 0 N–H and O–H groups in total. The van der Waals surface area contributed by atoms with Crippen LogP contribution < -0.4 is 10.3 Å². The lowest BCUT2D eigenvalue weighted by Gasteiger charge is -2.06. The van der Waals surface area contributed by atoms with Crippen molar-refractivity contribution in [2.24, 2.45) is 0 Å². The number of methoxy groups -OCH3 is 1. The molecule has 0 aliphatic carbocycles. The zero-order chi connectivity index (χ0) is 22.1. The van der Waals surface area contributed by atoms with Crippen molar-refractivity contribution in [3.8, 4) is 22.7 Å². The Morgan fingerprint density at radius 1 is 1.06 bits per heavy atom. The van der Waals surface area contributed by atoms with E-state index in [9.17, 15) is 4.79 Å². The van der Waals surface area contributed by atoms with Gasteiger partial charge in [0.05, 0.1) is 36.7 Å². The molecule has 7 heteroatoms. The van der Waals surface area contributed by atoms with Crippen LogP contribution >= 0.6 is 11.3 Å². The Balaban J connectivity index is 1.60. The molecule has 0 atom stereocenters. The van der Waals surface area contributed by atoms with Gasteiger partial charge in [0.15, 0.2) is 0 Å². The third-order valence-corrected chi connectivity index (χ3v) is 6.62. The third-order valence-electron chi connectivity index (χ3n) is 5.43. The van der Waals surface area contributed by atoms with Gasteiger partial charge in [0.2, 0.25) is 0 Å². The molecule has 0 amide bonds. The molecule has 0 unspecified atom stereocenters. The fourth-order valence-corrected chi connectivity index (χ4v) is 4.64. The smallest absolute Gasteiger partial charge is 0.262 e. The normalized spacial score (nSPS) is 11.2. The molecular formula is C25H22N4O2S. The summed E-state index contributed by atoms with van der Waals surface area (Å²) in [5, 5.41) is 5.53. The Bertz CT molecular complexity index is 1430. The summed E-state index contributed by atoms with van der Waals surface area (Å²) in [5.41, 5.74) is 3.65. The zero-order valence-corrected chi connectivity index (χ0v) is 18.7. The van der Waals surface area contributed by atoms with E-state index in [2.05, 4.69) is 11.9 Å². The SMILES string of the molecule is CCc1cc2c(=O)n(Cc3cn(-c4ccccc4)nc3-c3ccc(OC)cc3)cnc2s1. The van der Waals surface area contributed by atoms with Gasteiger partial charge in [0, 0.05) is 22.2 Å². The maximum Gasteiger partial charge on any atom is 0.262 e. The number of aromatic nitrogens is 4. The van der Waals surface area contributed by atoms with Gasteiger partial charge >= 0.3 is 0 Å². The van der Waals surface area contributed by atoms with Crippen LogP contribution in [0.3, 0.4) is 0 Å². The van der Waals surface area contributed by atoms with Crippen LogP contribution in [0, 0.1) is 0 Å². The molecular weight excluding hydrogens is 420 g/mol. The number of para-hydroxylation sites is 1. The third kappa shape index (κ3) is 3.71. The quantitative estimate of drug-likeness (QED) is 0.374. The van der Waals surface area contributed by atoms with E-state index >= 15 is 0 Å². The number of aryl methyl sites for hydroxylation is 1. The summed E-state index contributed by atoms with van der Waals surface area (Å²) in [4.78, 5) is 19.6. The van der Waals surface area contributed by atoms with Crippen molar-refractivity contribution in [3.05, 3.63) is 94.0 Å². The summed E-state index contributed by atoms with van der Waals surface area (Å²) in [7, 11) is 1.65. The summed E-state index contributed by atoms with van der Waals surface area (Å²) in [6.07, 6.45) is 4.51. The van der Waals surface area contributed by atoms with E-state index in [0.29, 0.717) is 11.9 Å². The molecule has 0 bridgehead atoms. The number of hydrogen-bond donors (Lipinski definition) is 0. The first kappa shape index (κ1) is 20.2. The van der Waals surface area contributed by atoms with E-state index in [0.717, 1.165) is 44.4 Å². The van der Waals surface area contributed by atoms with Crippen LogP contribution in [0.5, 0.6) is 5.75 Å². The number of benzene rings is 2. The average Bonchev–Trinajstić information content (AvgIpc) is 3.46. The van der Waals surface area contributed by atoms with Gasteiger partial charge < -0.3 is 4.74 Å². The van der Waals surface area contributed by atoms with Crippen molar-refractivity contribution in [3.63, 3.8) is 0 Å². The van der Waals surface area contributed by atoms with Crippen LogP contribution in [-0.4, -0.2) is 26.4 Å². The van der Waals surface area contributed by atoms with Gasteiger partial charge in [-0.25, -0.2) is 9.67 Å². The van der Waals surface area contributed by atoms with Crippen molar-refractivity contribution in [1.29, 1.82) is 0 Å². The molecule has 0 spiro atoms. The Morgan fingerprint density at radius 2 is 1.84 bits per heavy atom. The minimum Gasteiger partial charge on any atom is -0.497 e. The molecule has 2 aromatic carbocycles.